The second-order valence-electron chi connectivity index (χ2n) is 7.10. The van der Waals surface area contributed by atoms with E-state index < -0.39 is 5.97 Å². The number of fused-ring (bicyclic) bond motifs is 1. The van der Waals surface area contributed by atoms with Crippen molar-refractivity contribution in [3.8, 4) is 11.5 Å². The molecule has 1 aliphatic heterocycles. The largest absolute Gasteiger partial charge is 0.507 e. The predicted octanol–water partition coefficient (Wildman–Crippen LogP) is 4.71. The number of carboxylic acids is 1. The van der Waals surface area contributed by atoms with Crippen molar-refractivity contribution in [1.82, 2.24) is 0 Å². The minimum Gasteiger partial charge on any atom is -0.507 e. The summed E-state index contributed by atoms with van der Waals surface area (Å²) < 4.78 is 5.75. The zero-order valence-electron chi connectivity index (χ0n) is 14.7. The van der Waals surface area contributed by atoms with E-state index in [1.807, 2.05) is 25.1 Å². The van der Waals surface area contributed by atoms with Gasteiger partial charge in [-0.2, -0.15) is 0 Å². The van der Waals surface area contributed by atoms with E-state index in [4.69, 9.17) is 9.84 Å². The van der Waals surface area contributed by atoms with Gasteiger partial charge >= 0.3 is 5.97 Å². The summed E-state index contributed by atoms with van der Waals surface area (Å²) in [6.45, 7) is 7.14. The number of ether oxygens (including phenoxy) is 1. The molecule has 0 atom stereocenters. The molecule has 4 heteroatoms. The Hall–Kier alpha value is -2.75. The third kappa shape index (κ3) is 3.38. The molecule has 2 aromatic rings. The number of carbonyl (C=O) groups is 1. The molecule has 0 amide bonds. The number of allylic oxidation sites excluding steroid dienone is 1. The van der Waals surface area contributed by atoms with Crippen LogP contribution in [0.5, 0.6) is 11.5 Å². The van der Waals surface area contributed by atoms with Gasteiger partial charge in [-0.3, -0.25) is 0 Å². The Morgan fingerprint density at radius 1 is 1.16 bits per heavy atom. The van der Waals surface area contributed by atoms with E-state index in [-0.39, 0.29) is 16.7 Å². The molecule has 2 N–H and O–H groups in total. The van der Waals surface area contributed by atoms with Crippen LogP contribution in [0.1, 0.15) is 54.2 Å². The first-order chi connectivity index (χ1) is 11.8. The van der Waals surface area contributed by atoms with Crippen molar-refractivity contribution in [1.29, 1.82) is 0 Å². The maximum Gasteiger partial charge on any atom is 0.335 e. The third-order valence-electron chi connectivity index (χ3n) is 4.80. The van der Waals surface area contributed by atoms with Crippen molar-refractivity contribution in [3.05, 3.63) is 58.7 Å². The molecule has 4 nitrogen and oxygen atoms in total. The molecule has 0 fully saturated rings. The summed E-state index contributed by atoms with van der Waals surface area (Å²) in [7, 11) is 0. The minimum absolute atomic E-state index is 0.0409. The van der Waals surface area contributed by atoms with Gasteiger partial charge in [-0.05, 0) is 60.2 Å². The van der Waals surface area contributed by atoms with Crippen molar-refractivity contribution < 1.29 is 19.7 Å². The highest BCUT2D eigenvalue weighted by Gasteiger charge is 2.28. The average molecular weight is 338 g/mol. The van der Waals surface area contributed by atoms with Gasteiger partial charge in [0.05, 0.1) is 12.2 Å². The van der Waals surface area contributed by atoms with E-state index in [2.05, 4.69) is 19.9 Å². The van der Waals surface area contributed by atoms with Gasteiger partial charge in [-0.25, -0.2) is 4.79 Å². The van der Waals surface area contributed by atoms with E-state index in [1.54, 1.807) is 6.07 Å². The molecule has 0 aromatic heterocycles. The van der Waals surface area contributed by atoms with E-state index in [1.165, 1.54) is 17.7 Å². The lowest BCUT2D eigenvalue weighted by Crippen LogP contribution is -2.26. The van der Waals surface area contributed by atoms with Crippen LogP contribution in [0.25, 0.3) is 11.6 Å². The molecule has 130 valence electrons. The summed E-state index contributed by atoms with van der Waals surface area (Å²) in [6.07, 6.45) is 2.84. The van der Waals surface area contributed by atoms with Crippen LogP contribution in [0.4, 0.5) is 0 Å². The van der Waals surface area contributed by atoms with Crippen LogP contribution < -0.4 is 4.74 Å². The van der Waals surface area contributed by atoms with E-state index in [9.17, 15) is 9.90 Å². The second-order valence-corrected chi connectivity index (χ2v) is 7.10. The third-order valence-corrected chi connectivity index (χ3v) is 4.80. The average Bonchev–Trinajstić information content (AvgIpc) is 2.56. The highest BCUT2D eigenvalue weighted by Crippen LogP contribution is 2.40. The molecule has 0 aliphatic carbocycles. The number of phenols is 1. The normalized spacial score (nSPS) is 16.0. The van der Waals surface area contributed by atoms with Crippen molar-refractivity contribution >= 4 is 17.6 Å². The Morgan fingerprint density at radius 2 is 1.88 bits per heavy atom. The minimum atomic E-state index is -1.06. The molecule has 25 heavy (non-hydrogen) atoms. The van der Waals surface area contributed by atoms with Gasteiger partial charge < -0.3 is 14.9 Å². The van der Waals surface area contributed by atoms with Crippen molar-refractivity contribution in [3.63, 3.8) is 0 Å². The summed E-state index contributed by atoms with van der Waals surface area (Å²) in [4.78, 5) is 11.0. The summed E-state index contributed by atoms with van der Waals surface area (Å²) in [5.74, 6) is -0.165. The lowest BCUT2D eigenvalue weighted by atomic mass is 9.79. The molecule has 1 aliphatic rings. The fraction of sp³-hybridized carbons (Fsp3) is 0.286. The lowest BCUT2D eigenvalue weighted by molar-refractivity contribution is 0.0696. The molecule has 1 heterocycles. The predicted molar refractivity (Wildman–Crippen MR) is 98.2 cm³/mol. The monoisotopic (exact) mass is 338 g/mol. The summed E-state index contributed by atoms with van der Waals surface area (Å²) in [5, 5.41) is 19.1. The first-order valence-corrected chi connectivity index (χ1v) is 8.30. The molecule has 0 bridgehead atoms. The lowest BCUT2D eigenvalue weighted by Gasteiger charge is -2.32. The van der Waals surface area contributed by atoms with Gasteiger partial charge in [0.2, 0.25) is 0 Å². The van der Waals surface area contributed by atoms with Crippen LogP contribution in [0.3, 0.4) is 0 Å². The molecule has 0 saturated carbocycles. The standard InChI is InChI=1S/C21H22O4/c1-13(10-15-4-5-16(20(23)24)12-18(15)22)14-6-7-19-17(11-14)21(2,3)8-9-25-19/h4-7,10-12,22H,8-9H2,1-3H3,(H,23,24). The Bertz CT molecular complexity index is 862. The number of rotatable bonds is 3. The number of phenolic OH excluding ortho intramolecular Hbond substituents is 1. The topological polar surface area (TPSA) is 66.8 Å². The Kier molecular flexibility index (Phi) is 4.29. The first-order valence-electron chi connectivity index (χ1n) is 8.30. The van der Waals surface area contributed by atoms with Crippen LogP contribution in [0.15, 0.2) is 36.4 Å². The van der Waals surface area contributed by atoms with Crippen molar-refractivity contribution in [2.75, 3.05) is 6.61 Å². The molecule has 2 aromatic carbocycles. The van der Waals surface area contributed by atoms with Crippen molar-refractivity contribution in [2.45, 2.75) is 32.6 Å². The number of aromatic hydroxyl groups is 1. The molecular formula is C21H22O4. The van der Waals surface area contributed by atoms with E-state index in [0.29, 0.717) is 5.56 Å². The first kappa shape index (κ1) is 17.1. The van der Waals surface area contributed by atoms with Gasteiger partial charge in [-0.1, -0.05) is 26.0 Å². The quantitative estimate of drug-likeness (QED) is 0.795. The highest BCUT2D eigenvalue weighted by atomic mass is 16.5. The highest BCUT2D eigenvalue weighted by molar-refractivity contribution is 5.90. The Morgan fingerprint density at radius 3 is 2.56 bits per heavy atom. The summed E-state index contributed by atoms with van der Waals surface area (Å²) in [6, 6.07) is 10.5. The molecule has 0 saturated heterocycles. The second kappa shape index (κ2) is 6.28. The van der Waals surface area contributed by atoms with Crippen LogP contribution in [0, 0.1) is 0 Å². The fourth-order valence-corrected chi connectivity index (χ4v) is 3.10. The molecule has 0 spiro atoms. The Labute approximate surface area is 147 Å². The summed E-state index contributed by atoms with van der Waals surface area (Å²) in [5.41, 5.74) is 3.96. The summed E-state index contributed by atoms with van der Waals surface area (Å²) >= 11 is 0. The smallest absolute Gasteiger partial charge is 0.335 e. The molecule has 3 rings (SSSR count). The number of carboxylic acid groups (broad SMARTS) is 1. The van der Waals surface area contributed by atoms with E-state index in [0.717, 1.165) is 29.9 Å². The number of benzene rings is 2. The molecule has 0 unspecified atom stereocenters. The molecule has 0 radical (unpaired) electrons. The molecular weight excluding hydrogens is 316 g/mol. The van der Waals surface area contributed by atoms with Gasteiger partial charge in [0.1, 0.15) is 11.5 Å². The van der Waals surface area contributed by atoms with Gasteiger partial charge in [0.15, 0.2) is 0 Å². The Balaban J connectivity index is 1.97. The van der Waals surface area contributed by atoms with Gasteiger partial charge in [-0.15, -0.1) is 0 Å². The maximum absolute atomic E-state index is 11.0. The number of hydrogen-bond donors (Lipinski definition) is 2. The van der Waals surface area contributed by atoms with Gasteiger partial charge in [0, 0.05) is 11.1 Å². The van der Waals surface area contributed by atoms with E-state index >= 15 is 0 Å². The van der Waals surface area contributed by atoms with Crippen molar-refractivity contribution in [2.24, 2.45) is 0 Å². The SMILES string of the molecule is CC(=Cc1ccc(C(=O)O)cc1O)c1ccc2c(c1)C(C)(C)CCO2. The van der Waals surface area contributed by atoms with Crippen LogP contribution in [-0.4, -0.2) is 22.8 Å². The zero-order valence-corrected chi connectivity index (χ0v) is 14.7. The van der Waals surface area contributed by atoms with Crippen LogP contribution >= 0.6 is 0 Å². The maximum atomic E-state index is 11.0. The van der Waals surface area contributed by atoms with Gasteiger partial charge in [0.25, 0.3) is 0 Å². The zero-order chi connectivity index (χ0) is 18.2. The van der Waals surface area contributed by atoms with Crippen LogP contribution in [0.2, 0.25) is 0 Å². The van der Waals surface area contributed by atoms with Crippen LogP contribution in [-0.2, 0) is 5.41 Å². The number of aromatic carboxylic acids is 1. The number of hydrogen-bond acceptors (Lipinski definition) is 3. The fourth-order valence-electron chi connectivity index (χ4n) is 3.10.